The average molecular weight is 353 g/mol. The second-order valence-corrected chi connectivity index (χ2v) is 8.72. The molecule has 0 aliphatic carbocycles. The Morgan fingerprint density at radius 1 is 1.04 bits per heavy atom. The van der Waals surface area contributed by atoms with Crippen LogP contribution in [0.1, 0.15) is 46.8 Å². The Kier molecular flexibility index (Phi) is 6.04. The number of rotatable bonds is 4. The number of carbonyl (C=O) groups excluding carboxylic acids is 1. The summed E-state index contributed by atoms with van der Waals surface area (Å²) in [6, 6.07) is 4.05. The summed E-state index contributed by atoms with van der Waals surface area (Å²) in [5.74, 6) is 0.191. The number of aryl methyl sites for hydroxylation is 3. The molecule has 0 bridgehead atoms. The molecule has 1 aliphatic heterocycles. The summed E-state index contributed by atoms with van der Waals surface area (Å²) in [6.45, 7) is 9.76. The number of hydrogen-bond acceptors (Lipinski definition) is 3. The van der Waals surface area contributed by atoms with E-state index < -0.39 is 10.0 Å². The number of amides is 1. The number of nitrogens with zero attached hydrogens (tertiary/aromatic N) is 2. The molecule has 134 valence electrons. The van der Waals surface area contributed by atoms with Crippen LogP contribution in [-0.2, 0) is 10.0 Å². The van der Waals surface area contributed by atoms with Crippen molar-refractivity contribution in [3.8, 4) is 0 Å². The molecule has 0 radical (unpaired) electrons. The second-order valence-electron chi connectivity index (χ2n) is 6.63. The summed E-state index contributed by atoms with van der Waals surface area (Å²) >= 11 is 0. The molecule has 0 unspecified atom stereocenters. The molecule has 5 nitrogen and oxygen atoms in total. The van der Waals surface area contributed by atoms with E-state index in [2.05, 4.69) is 0 Å². The minimum atomic E-state index is -3.20. The van der Waals surface area contributed by atoms with E-state index in [1.165, 1.54) is 0 Å². The van der Waals surface area contributed by atoms with Crippen molar-refractivity contribution in [2.75, 3.05) is 31.9 Å². The number of benzene rings is 1. The van der Waals surface area contributed by atoms with E-state index in [1.807, 2.05) is 39.8 Å². The number of carbonyl (C=O) groups is 1. The Morgan fingerprint density at radius 3 is 2.25 bits per heavy atom. The molecule has 0 saturated carbocycles. The smallest absolute Gasteiger partial charge is 0.254 e. The molecule has 2 rings (SSSR count). The van der Waals surface area contributed by atoms with Gasteiger partial charge in [0.2, 0.25) is 10.0 Å². The molecule has 1 aliphatic rings. The molecule has 1 heterocycles. The van der Waals surface area contributed by atoms with Crippen LogP contribution in [0.2, 0.25) is 0 Å². The average Bonchev–Trinajstić information content (AvgIpc) is 2.72. The van der Waals surface area contributed by atoms with Crippen LogP contribution in [0.25, 0.3) is 0 Å². The fourth-order valence-electron chi connectivity index (χ4n) is 3.44. The molecule has 1 saturated heterocycles. The molecule has 0 aromatic heterocycles. The van der Waals surface area contributed by atoms with Gasteiger partial charge in [0.05, 0.1) is 5.75 Å². The van der Waals surface area contributed by atoms with Crippen LogP contribution in [-0.4, -0.2) is 55.5 Å². The lowest BCUT2D eigenvalue weighted by atomic mass is 9.98. The Hall–Kier alpha value is -1.40. The summed E-state index contributed by atoms with van der Waals surface area (Å²) in [7, 11) is -3.20. The maximum Gasteiger partial charge on any atom is 0.254 e. The zero-order valence-corrected chi connectivity index (χ0v) is 15.9. The van der Waals surface area contributed by atoms with E-state index in [4.69, 9.17) is 0 Å². The number of hydrogen-bond donors (Lipinski definition) is 0. The van der Waals surface area contributed by atoms with Gasteiger partial charge in [-0.3, -0.25) is 4.79 Å². The third-order valence-electron chi connectivity index (χ3n) is 4.49. The van der Waals surface area contributed by atoms with Crippen molar-refractivity contribution in [3.05, 3.63) is 34.4 Å². The molecule has 0 spiro atoms. The lowest BCUT2D eigenvalue weighted by Crippen LogP contribution is -2.38. The summed E-state index contributed by atoms with van der Waals surface area (Å²) in [5.41, 5.74) is 3.87. The molecular formula is C18H28N2O3S. The molecule has 1 fully saturated rings. The van der Waals surface area contributed by atoms with Gasteiger partial charge in [-0.15, -0.1) is 0 Å². The van der Waals surface area contributed by atoms with Gasteiger partial charge in [-0.25, -0.2) is 12.7 Å². The Balaban J connectivity index is 2.16. The first kappa shape index (κ1) is 18.9. The van der Waals surface area contributed by atoms with Gasteiger partial charge < -0.3 is 4.90 Å². The highest BCUT2D eigenvalue weighted by Crippen LogP contribution is 2.20. The lowest BCUT2D eigenvalue weighted by molar-refractivity contribution is 0.0763. The monoisotopic (exact) mass is 352 g/mol. The van der Waals surface area contributed by atoms with Crippen LogP contribution < -0.4 is 0 Å². The third-order valence-corrected chi connectivity index (χ3v) is 6.56. The van der Waals surface area contributed by atoms with Gasteiger partial charge in [-0.2, -0.15) is 0 Å². The molecule has 1 amide bonds. The maximum absolute atomic E-state index is 12.9. The van der Waals surface area contributed by atoms with E-state index in [9.17, 15) is 13.2 Å². The summed E-state index contributed by atoms with van der Waals surface area (Å²) in [5, 5.41) is 0. The highest BCUT2D eigenvalue weighted by atomic mass is 32.2. The minimum Gasteiger partial charge on any atom is -0.337 e. The third kappa shape index (κ3) is 4.16. The zero-order chi connectivity index (χ0) is 17.9. The van der Waals surface area contributed by atoms with Gasteiger partial charge in [-0.1, -0.05) is 24.6 Å². The zero-order valence-electron chi connectivity index (χ0n) is 15.1. The van der Waals surface area contributed by atoms with E-state index in [-0.39, 0.29) is 11.7 Å². The predicted octanol–water partition coefficient (Wildman–Crippen LogP) is 2.50. The minimum absolute atomic E-state index is 0.0136. The Bertz CT molecular complexity index is 690. The van der Waals surface area contributed by atoms with Crippen molar-refractivity contribution in [2.24, 2.45) is 0 Å². The molecular weight excluding hydrogens is 324 g/mol. The SMILES string of the molecule is CCCS(=O)(=O)N1CCCN(C(=O)c2c(C)cc(C)cc2C)CC1. The van der Waals surface area contributed by atoms with Gasteiger partial charge in [0.25, 0.3) is 5.91 Å². The van der Waals surface area contributed by atoms with Crippen LogP contribution >= 0.6 is 0 Å². The van der Waals surface area contributed by atoms with Gasteiger partial charge in [0.1, 0.15) is 0 Å². The first-order valence-electron chi connectivity index (χ1n) is 8.61. The first-order valence-corrected chi connectivity index (χ1v) is 10.2. The topological polar surface area (TPSA) is 57.7 Å². The van der Waals surface area contributed by atoms with Gasteiger partial charge >= 0.3 is 0 Å². The van der Waals surface area contributed by atoms with E-state index in [1.54, 1.807) is 9.21 Å². The van der Waals surface area contributed by atoms with Crippen molar-refractivity contribution in [1.82, 2.24) is 9.21 Å². The van der Waals surface area contributed by atoms with Crippen LogP contribution in [0.5, 0.6) is 0 Å². The summed E-state index contributed by atoms with van der Waals surface area (Å²) < 4.78 is 26.0. The van der Waals surface area contributed by atoms with Crippen molar-refractivity contribution in [3.63, 3.8) is 0 Å². The Labute approximate surface area is 145 Å². The van der Waals surface area contributed by atoms with Crippen LogP contribution in [0.4, 0.5) is 0 Å². The van der Waals surface area contributed by atoms with E-state index in [0.29, 0.717) is 39.0 Å². The van der Waals surface area contributed by atoms with Gasteiger partial charge in [0, 0.05) is 31.7 Å². The van der Waals surface area contributed by atoms with Gasteiger partial charge in [-0.05, 0) is 44.7 Å². The van der Waals surface area contributed by atoms with Crippen LogP contribution in [0.15, 0.2) is 12.1 Å². The van der Waals surface area contributed by atoms with Crippen LogP contribution in [0, 0.1) is 20.8 Å². The molecule has 0 atom stereocenters. The van der Waals surface area contributed by atoms with Crippen LogP contribution in [0.3, 0.4) is 0 Å². The van der Waals surface area contributed by atoms with Crippen molar-refractivity contribution >= 4 is 15.9 Å². The lowest BCUT2D eigenvalue weighted by Gasteiger charge is -2.23. The first-order chi connectivity index (χ1) is 11.3. The second kappa shape index (κ2) is 7.66. The molecule has 24 heavy (non-hydrogen) atoms. The molecule has 1 aromatic carbocycles. The highest BCUT2D eigenvalue weighted by molar-refractivity contribution is 7.89. The predicted molar refractivity (Wildman–Crippen MR) is 96.8 cm³/mol. The van der Waals surface area contributed by atoms with Crippen molar-refractivity contribution in [2.45, 2.75) is 40.5 Å². The standard InChI is InChI=1S/C18H28N2O3S/c1-5-11-24(22,23)20-8-6-7-19(9-10-20)18(21)17-15(3)12-14(2)13-16(17)4/h12-13H,5-11H2,1-4H3. The molecule has 6 heteroatoms. The summed E-state index contributed by atoms with van der Waals surface area (Å²) in [6.07, 6.45) is 1.29. The Morgan fingerprint density at radius 2 is 1.67 bits per heavy atom. The fraction of sp³-hybridized carbons (Fsp3) is 0.611. The normalized spacial score (nSPS) is 16.9. The molecule has 1 aromatic rings. The fourth-order valence-corrected chi connectivity index (χ4v) is 4.98. The highest BCUT2D eigenvalue weighted by Gasteiger charge is 2.27. The van der Waals surface area contributed by atoms with E-state index >= 15 is 0 Å². The van der Waals surface area contributed by atoms with E-state index in [0.717, 1.165) is 22.3 Å². The van der Waals surface area contributed by atoms with Crippen molar-refractivity contribution in [1.29, 1.82) is 0 Å². The summed E-state index contributed by atoms with van der Waals surface area (Å²) in [4.78, 5) is 14.7. The maximum atomic E-state index is 12.9. The number of sulfonamides is 1. The quantitative estimate of drug-likeness (QED) is 0.836. The largest absolute Gasteiger partial charge is 0.337 e. The van der Waals surface area contributed by atoms with Crippen molar-refractivity contribution < 1.29 is 13.2 Å². The van der Waals surface area contributed by atoms with Gasteiger partial charge in [0.15, 0.2) is 0 Å². The molecule has 0 N–H and O–H groups in total.